The van der Waals surface area contributed by atoms with Crippen LogP contribution in [-0.2, 0) is 9.59 Å². The van der Waals surface area contributed by atoms with Crippen LogP contribution in [0.1, 0.15) is 38.7 Å². The number of aliphatic hydroxyl groups is 1. The molecule has 0 aliphatic heterocycles. The zero-order chi connectivity index (χ0) is 19.8. The van der Waals surface area contributed by atoms with Gasteiger partial charge in [-0.1, -0.05) is 37.8 Å². The summed E-state index contributed by atoms with van der Waals surface area (Å²) in [5.41, 5.74) is 2.26. The van der Waals surface area contributed by atoms with E-state index >= 15 is 0 Å². The SMILES string of the molecule is C=CC1=CCC2C(=O)C(C)=C(C)C(=O)C2(C)C1c1ccc(OCCO)cc1. The summed E-state index contributed by atoms with van der Waals surface area (Å²) in [6, 6.07) is 7.53. The number of rotatable bonds is 5. The van der Waals surface area contributed by atoms with Crippen LogP contribution in [0.4, 0.5) is 0 Å². The first-order valence-corrected chi connectivity index (χ1v) is 9.28. The molecule has 1 aromatic rings. The van der Waals surface area contributed by atoms with Crippen molar-refractivity contribution in [3.63, 3.8) is 0 Å². The number of hydrogen-bond acceptors (Lipinski definition) is 4. The summed E-state index contributed by atoms with van der Waals surface area (Å²) in [6.07, 6.45) is 4.39. The molecule has 142 valence electrons. The number of fused-ring (bicyclic) bond motifs is 1. The van der Waals surface area contributed by atoms with Gasteiger partial charge in [0.15, 0.2) is 11.6 Å². The largest absolute Gasteiger partial charge is 0.491 e. The Bertz CT molecular complexity index is 844. The fourth-order valence-electron chi connectivity index (χ4n) is 4.51. The number of benzene rings is 1. The van der Waals surface area contributed by atoms with Crippen molar-refractivity contribution in [1.82, 2.24) is 0 Å². The van der Waals surface area contributed by atoms with E-state index in [0.717, 1.165) is 11.1 Å². The fraction of sp³-hybridized carbons (Fsp3) is 0.391. The molecule has 1 N–H and O–H groups in total. The Morgan fingerprint density at radius 3 is 2.48 bits per heavy atom. The molecule has 1 aromatic carbocycles. The van der Waals surface area contributed by atoms with Gasteiger partial charge in [-0.15, -0.1) is 0 Å². The van der Waals surface area contributed by atoms with Crippen molar-refractivity contribution >= 4 is 11.6 Å². The minimum Gasteiger partial charge on any atom is -0.491 e. The lowest BCUT2D eigenvalue weighted by molar-refractivity contribution is -0.138. The summed E-state index contributed by atoms with van der Waals surface area (Å²) >= 11 is 0. The molecule has 3 rings (SSSR count). The number of carbonyl (C=O) groups is 2. The Kier molecular flexibility index (Phi) is 5.20. The van der Waals surface area contributed by atoms with Gasteiger partial charge in [-0.05, 0) is 54.7 Å². The van der Waals surface area contributed by atoms with Crippen molar-refractivity contribution in [1.29, 1.82) is 0 Å². The predicted molar refractivity (Wildman–Crippen MR) is 105 cm³/mol. The first-order chi connectivity index (χ1) is 12.9. The molecule has 0 aromatic heterocycles. The van der Waals surface area contributed by atoms with Gasteiger partial charge in [0.2, 0.25) is 0 Å². The number of ether oxygens (including phenoxy) is 1. The van der Waals surface area contributed by atoms with Gasteiger partial charge >= 0.3 is 0 Å². The fourth-order valence-corrected chi connectivity index (χ4v) is 4.51. The van der Waals surface area contributed by atoms with E-state index in [9.17, 15) is 9.59 Å². The Morgan fingerprint density at radius 2 is 1.89 bits per heavy atom. The molecule has 4 nitrogen and oxygen atoms in total. The van der Waals surface area contributed by atoms with Gasteiger partial charge < -0.3 is 9.84 Å². The number of carbonyl (C=O) groups excluding carboxylic acids is 2. The summed E-state index contributed by atoms with van der Waals surface area (Å²) in [4.78, 5) is 26.3. The molecular formula is C23H26O4. The Balaban J connectivity index is 2.09. The molecule has 0 heterocycles. The highest BCUT2D eigenvalue weighted by Gasteiger charge is 2.56. The van der Waals surface area contributed by atoms with E-state index in [1.807, 2.05) is 37.3 Å². The van der Waals surface area contributed by atoms with Gasteiger partial charge in [0, 0.05) is 11.8 Å². The van der Waals surface area contributed by atoms with Crippen molar-refractivity contribution < 1.29 is 19.4 Å². The Hall–Kier alpha value is -2.46. The molecule has 2 aliphatic carbocycles. The number of ketones is 2. The maximum Gasteiger partial charge on any atom is 0.166 e. The molecule has 0 saturated heterocycles. The first kappa shape index (κ1) is 19.3. The molecule has 0 saturated carbocycles. The number of aliphatic hydroxyl groups excluding tert-OH is 1. The summed E-state index contributed by atoms with van der Waals surface area (Å²) in [7, 11) is 0. The van der Waals surface area contributed by atoms with E-state index < -0.39 is 5.41 Å². The zero-order valence-corrected chi connectivity index (χ0v) is 16.1. The van der Waals surface area contributed by atoms with Crippen LogP contribution in [0.5, 0.6) is 5.75 Å². The summed E-state index contributed by atoms with van der Waals surface area (Å²) in [5, 5.41) is 8.90. The molecule has 0 spiro atoms. The highest BCUT2D eigenvalue weighted by molar-refractivity contribution is 6.15. The molecule has 0 radical (unpaired) electrons. The van der Waals surface area contributed by atoms with Crippen molar-refractivity contribution in [2.45, 2.75) is 33.1 Å². The summed E-state index contributed by atoms with van der Waals surface area (Å²) in [5.74, 6) is 0.185. The van der Waals surface area contributed by atoms with Crippen molar-refractivity contribution in [2.24, 2.45) is 11.3 Å². The predicted octanol–water partition coefficient (Wildman–Crippen LogP) is 3.77. The van der Waals surface area contributed by atoms with E-state index in [2.05, 4.69) is 6.58 Å². The van der Waals surface area contributed by atoms with Crippen LogP contribution in [0.2, 0.25) is 0 Å². The molecule has 4 heteroatoms. The van der Waals surface area contributed by atoms with E-state index in [1.54, 1.807) is 19.9 Å². The highest BCUT2D eigenvalue weighted by Crippen LogP contribution is 2.55. The van der Waals surface area contributed by atoms with Crippen LogP contribution in [0.15, 0.2) is 59.7 Å². The molecule has 3 atom stereocenters. The molecule has 0 fully saturated rings. The summed E-state index contributed by atoms with van der Waals surface area (Å²) < 4.78 is 5.44. The minimum absolute atomic E-state index is 0.0441. The van der Waals surface area contributed by atoms with Crippen LogP contribution in [0.3, 0.4) is 0 Å². The average Bonchev–Trinajstić information content (AvgIpc) is 2.69. The van der Waals surface area contributed by atoms with Crippen LogP contribution in [-0.4, -0.2) is 29.9 Å². The normalized spacial score (nSPS) is 27.9. The third kappa shape index (κ3) is 2.98. The van der Waals surface area contributed by atoms with Crippen LogP contribution < -0.4 is 4.74 Å². The second-order valence-electron chi connectivity index (χ2n) is 7.50. The van der Waals surface area contributed by atoms with E-state index in [-0.39, 0.29) is 36.6 Å². The number of allylic oxidation sites excluding steroid dienone is 5. The van der Waals surface area contributed by atoms with Gasteiger partial charge in [0.25, 0.3) is 0 Å². The van der Waals surface area contributed by atoms with E-state index in [4.69, 9.17) is 9.84 Å². The topological polar surface area (TPSA) is 63.6 Å². The van der Waals surface area contributed by atoms with Gasteiger partial charge in [-0.2, -0.15) is 0 Å². The smallest absolute Gasteiger partial charge is 0.166 e. The number of Topliss-reactive ketones (excluding diaryl/α,β-unsaturated/α-hetero) is 2. The van der Waals surface area contributed by atoms with Crippen molar-refractivity contribution in [3.05, 3.63) is 65.3 Å². The average molecular weight is 366 g/mol. The lowest BCUT2D eigenvalue weighted by Gasteiger charge is -2.48. The first-order valence-electron chi connectivity index (χ1n) is 9.28. The number of hydrogen-bond donors (Lipinski definition) is 1. The lowest BCUT2D eigenvalue weighted by Crippen LogP contribution is -2.50. The molecule has 0 amide bonds. The Labute approximate surface area is 160 Å². The molecule has 3 unspecified atom stereocenters. The third-order valence-corrected chi connectivity index (χ3v) is 6.13. The molecular weight excluding hydrogens is 340 g/mol. The van der Waals surface area contributed by atoms with Gasteiger partial charge in [-0.3, -0.25) is 9.59 Å². The van der Waals surface area contributed by atoms with Crippen molar-refractivity contribution in [3.8, 4) is 5.75 Å². The Morgan fingerprint density at radius 1 is 1.22 bits per heavy atom. The maximum absolute atomic E-state index is 13.4. The molecule has 2 aliphatic rings. The minimum atomic E-state index is -0.827. The zero-order valence-electron chi connectivity index (χ0n) is 16.1. The van der Waals surface area contributed by atoms with Gasteiger partial charge in [-0.25, -0.2) is 0 Å². The second-order valence-corrected chi connectivity index (χ2v) is 7.50. The second kappa shape index (κ2) is 7.28. The summed E-state index contributed by atoms with van der Waals surface area (Å²) in [6.45, 7) is 9.55. The monoisotopic (exact) mass is 366 g/mol. The molecule has 0 bridgehead atoms. The van der Waals surface area contributed by atoms with Crippen LogP contribution in [0.25, 0.3) is 0 Å². The van der Waals surface area contributed by atoms with Gasteiger partial charge in [0.05, 0.1) is 12.0 Å². The quantitative estimate of drug-likeness (QED) is 0.862. The maximum atomic E-state index is 13.4. The lowest BCUT2D eigenvalue weighted by atomic mass is 9.52. The van der Waals surface area contributed by atoms with Crippen molar-refractivity contribution in [2.75, 3.05) is 13.2 Å². The molecule has 27 heavy (non-hydrogen) atoms. The standard InChI is InChI=1S/C23H26O4/c1-5-16-8-11-19-21(25)14(2)15(3)22(26)23(19,4)20(16)17-6-9-18(10-7-17)27-13-12-24/h5-10,19-20,24H,1,11-13H2,2-4H3. The van der Waals surface area contributed by atoms with Crippen LogP contribution in [0, 0.1) is 11.3 Å². The van der Waals surface area contributed by atoms with E-state index in [0.29, 0.717) is 23.3 Å². The highest BCUT2D eigenvalue weighted by atomic mass is 16.5. The third-order valence-electron chi connectivity index (χ3n) is 6.13. The van der Waals surface area contributed by atoms with E-state index in [1.165, 1.54) is 0 Å². The van der Waals surface area contributed by atoms with Gasteiger partial charge in [0.1, 0.15) is 12.4 Å². The van der Waals surface area contributed by atoms with Crippen LogP contribution >= 0.6 is 0 Å².